The summed E-state index contributed by atoms with van der Waals surface area (Å²) in [4.78, 5) is 0.352. The van der Waals surface area contributed by atoms with E-state index in [2.05, 4.69) is 6.92 Å². The molecule has 1 aromatic rings. The zero-order chi connectivity index (χ0) is 10.9. The minimum atomic E-state index is -1.19. The molecule has 1 unspecified atom stereocenters. The second-order valence-electron chi connectivity index (χ2n) is 4.58. The minimum absolute atomic E-state index is 0.174. The minimum Gasteiger partial charge on any atom is -0.254 e. The van der Waals surface area contributed by atoms with Gasteiger partial charge in [0.1, 0.15) is 5.82 Å². The van der Waals surface area contributed by atoms with Crippen LogP contribution in [0.3, 0.4) is 0 Å². The Morgan fingerprint density at radius 3 is 2.60 bits per heavy atom. The Hall–Kier alpha value is -0.700. The molecule has 82 valence electrons. The molecule has 0 bridgehead atoms. The molecular formula is C12H15FOS. The summed E-state index contributed by atoms with van der Waals surface area (Å²) in [7, 11) is -1.19. The van der Waals surface area contributed by atoms with Gasteiger partial charge < -0.3 is 0 Å². The van der Waals surface area contributed by atoms with E-state index >= 15 is 0 Å². The molecule has 2 rings (SSSR count). The highest BCUT2D eigenvalue weighted by atomic mass is 32.2. The Bertz CT molecular complexity index is 385. The monoisotopic (exact) mass is 226 g/mol. The highest BCUT2D eigenvalue weighted by molar-refractivity contribution is 7.85. The molecule has 1 saturated carbocycles. The first-order valence-electron chi connectivity index (χ1n) is 5.24. The van der Waals surface area contributed by atoms with Crippen molar-refractivity contribution in [2.75, 3.05) is 5.75 Å². The van der Waals surface area contributed by atoms with Crippen molar-refractivity contribution in [2.24, 2.45) is 5.41 Å². The van der Waals surface area contributed by atoms with E-state index in [1.54, 1.807) is 18.2 Å². The van der Waals surface area contributed by atoms with Gasteiger partial charge in [-0.25, -0.2) is 4.39 Å². The van der Waals surface area contributed by atoms with E-state index in [0.717, 1.165) is 12.8 Å². The highest BCUT2D eigenvalue weighted by Crippen LogP contribution is 2.41. The first-order chi connectivity index (χ1) is 7.11. The quantitative estimate of drug-likeness (QED) is 0.774. The third-order valence-electron chi connectivity index (χ3n) is 3.12. The standard InChI is InChI=1S/C12H15FOS/c1-12(7-4-8-12)9-15(14)11-6-3-2-5-10(11)13/h2-3,5-6H,4,7-9H2,1H3. The Labute approximate surface area is 92.2 Å². The second kappa shape index (κ2) is 4.05. The predicted molar refractivity (Wildman–Crippen MR) is 59.6 cm³/mol. The lowest BCUT2D eigenvalue weighted by Crippen LogP contribution is -2.31. The molecule has 0 heterocycles. The van der Waals surface area contributed by atoms with Crippen LogP contribution >= 0.6 is 0 Å². The maximum Gasteiger partial charge on any atom is 0.139 e. The van der Waals surface area contributed by atoms with Gasteiger partial charge in [-0.15, -0.1) is 0 Å². The number of hydrogen-bond donors (Lipinski definition) is 0. The summed E-state index contributed by atoms with van der Waals surface area (Å²) in [6.07, 6.45) is 3.45. The number of hydrogen-bond acceptors (Lipinski definition) is 1. The summed E-state index contributed by atoms with van der Waals surface area (Å²) in [5.74, 6) is 0.243. The van der Waals surface area contributed by atoms with E-state index in [9.17, 15) is 8.60 Å². The van der Waals surface area contributed by atoms with Crippen molar-refractivity contribution >= 4 is 10.8 Å². The second-order valence-corrected chi connectivity index (χ2v) is 6.00. The molecule has 0 aliphatic heterocycles. The number of rotatable bonds is 3. The predicted octanol–water partition coefficient (Wildman–Crippen LogP) is 3.12. The van der Waals surface area contributed by atoms with E-state index < -0.39 is 10.8 Å². The van der Waals surface area contributed by atoms with Crippen LogP contribution < -0.4 is 0 Å². The molecule has 0 spiro atoms. The maximum atomic E-state index is 13.3. The normalized spacial score (nSPS) is 20.7. The summed E-state index contributed by atoms with van der Waals surface area (Å²) < 4.78 is 25.3. The van der Waals surface area contributed by atoms with Gasteiger partial charge in [-0.1, -0.05) is 25.5 Å². The van der Waals surface area contributed by atoms with Crippen LogP contribution in [0.4, 0.5) is 4.39 Å². The van der Waals surface area contributed by atoms with Crippen molar-refractivity contribution in [2.45, 2.75) is 31.1 Å². The van der Waals surface area contributed by atoms with Crippen LogP contribution in [0, 0.1) is 11.2 Å². The fourth-order valence-corrected chi connectivity index (χ4v) is 3.54. The first kappa shape index (κ1) is 10.8. The van der Waals surface area contributed by atoms with Gasteiger partial charge in [-0.3, -0.25) is 4.21 Å². The molecule has 1 nitrogen and oxygen atoms in total. The molecule has 1 aliphatic carbocycles. The van der Waals surface area contributed by atoms with Gasteiger partial charge in [0.2, 0.25) is 0 Å². The van der Waals surface area contributed by atoms with Crippen molar-refractivity contribution in [3.8, 4) is 0 Å². The van der Waals surface area contributed by atoms with Gasteiger partial charge in [0.05, 0.1) is 15.7 Å². The fraction of sp³-hybridized carbons (Fsp3) is 0.500. The average Bonchev–Trinajstić information content (AvgIpc) is 2.16. The number of halogens is 1. The SMILES string of the molecule is CC1(CS(=O)c2ccccc2F)CCC1. The molecular weight excluding hydrogens is 211 g/mol. The smallest absolute Gasteiger partial charge is 0.139 e. The van der Waals surface area contributed by atoms with Crippen molar-refractivity contribution < 1.29 is 8.60 Å². The van der Waals surface area contributed by atoms with E-state index in [1.807, 2.05) is 0 Å². The van der Waals surface area contributed by atoms with Gasteiger partial charge in [-0.2, -0.15) is 0 Å². The molecule has 0 saturated heterocycles. The Morgan fingerprint density at radius 2 is 2.07 bits per heavy atom. The van der Waals surface area contributed by atoms with Crippen molar-refractivity contribution in [3.05, 3.63) is 30.1 Å². The lowest BCUT2D eigenvalue weighted by atomic mass is 9.72. The summed E-state index contributed by atoms with van der Waals surface area (Å²) in [5.41, 5.74) is 0.174. The Kier molecular flexibility index (Phi) is 2.91. The first-order valence-corrected chi connectivity index (χ1v) is 6.56. The summed E-state index contributed by atoms with van der Waals surface area (Å²) in [6.45, 7) is 2.13. The topological polar surface area (TPSA) is 17.1 Å². The van der Waals surface area contributed by atoms with Gasteiger partial charge in [0.15, 0.2) is 0 Å². The van der Waals surface area contributed by atoms with Gasteiger partial charge in [0, 0.05) is 5.75 Å². The molecule has 1 aliphatic rings. The van der Waals surface area contributed by atoms with Crippen LogP contribution in [0.15, 0.2) is 29.2 Å². The Morgan fingerprint density at radius 1 is 1.40 bits per heavy atom. The van der Waals surface area contributed by atoms with Crippen LogP contribution in [0.1, 0.15) is 26.2 Å². The van der Waals surface area contributed by atoms with Crippen LogP contribution in [0.25, 0.3) is 0 Å². The fourth-order valence-electron chi connectivity index (χ4n) is 1.95. The maximum absolute atomic E-state index is 13.3. The molecule has 0 amide bonds. The van der Waals surface area contributed by atoms with Crippen LogP contribution in [-0.2, 0) is 10.8 Å². The van der Waals surface area contributed by atoms with E-state index in [4.69, 9.17) is 0 Å². The molecule has 0 aromatic heterocycles. The summed E-state index contributed by atoms with van der Waals surface area (Å²) >= 11 is 0. The van der Waals surface area contributed by atoms with Gasteiger partial charge in [-0.05, 0) is 30.4 Å². The third-order valence-corrected chi connectivity index (χ3v) is 4.90. The van der Waals surface area contributed by atoms with Crippen LogP contribution in [0.2, 0.25) is 0 Å². The lowest BCUT2D eigenvalue weighted by molar-refractivity contribution is 0.196. The molecule has 0 N–H and O–H groups in total. The lowest BCUT2D eigenvalue weighted by Gasteiger charge is -2.37. The average molecular weight is 226 g/mol. The number of benzene rings is 1. The Balaban J connectivity index is 2.11. The molecule has 15 heavy (non-hydrogen) atoms. The van der Waals surface area contributed by atoms with Gasteiger partial charge in [0.25, 0.3) is 0 Å². The molecule has 0 radical (unpaired) electrons. The van der Waals surface area contributed by atoms with Gasteiger partial charge >= 0.3 is 0 Å². The summed E-state index contributed by atoms with van der Waals surface area (Å²) in [5, 5.41) is 0. The zero-order valence-corrected chi connectivity index (χ0v) is 9.65. The van der Waals surface area contributed by atoms with Crippen LogP contribution in [0.5, 0.6) is 0 Å². The molecule has 1 fully saturated rings. The molecule has 1 atom stereocenters. The highest BCUT2D eigenvalue weighted by Gasteiger charge is 2.34. The van der Waals surface area contributed by atoms with Crippen molar-refractivity contribution in [3.63, 3.8) is 0 Å². The molecule has 3 heteroatoms. The largest absolute Gasteiger partial charge is 0.254 e. The molecule has 1 aromatic carbocycles. The van der Waals surface area contributed by atoms with E-state index in [1.165, 1.54) is 12.5 Å². The zero-order valence-electron chi connectivity index (χ0n) is 8.83. The third kappa shape index (κ3) is 2.28. The van der Waals surface area contributed by atoms with Crippen LogP contribution in [-0.4, -0.2) is 9.96 Å². The van der Waals surface area contributed by atoms with Crippen molar-refractivity contribution in [1.29, 1.82) is 0 Å². The van der Waals surface area contributed by atoms with E-state index in [0.29, 0.717) is 10.6 Å². The summed E-state index contributed by atoms with van der Waals surface area (Å²) in [6, 6.07) is 6.35. The van der Waals surface area contributed by atoms with E-state index in [-0.39, 0.29) is 11.2 Å². The van der Waals surface area contributed by atoms with Crippen molar-refractivity contribution in [1.82, 2.24) is 0 Å².